The average Bonchev–Trinajstić information content (AvgIpc) is 2.43. The van der Waals surface area contributed by atoms with E-state index in [1.807, 2.05) is 49.5 Å². The first-order chi connectivity index (χ1) is 9.17. The summed E-state index contributed by atoms with van der Waals surface area (Å²) in [6.45, 7) is 0. The van der Waals surface area contributed by atoms with Crippen molar-refractivity contribution in [1.82, 2.24) is 5.32 Å². The van der Waals surface area contributed by atoms with Crippen molar-refractivity contribution in [1.29, 1.82) is 0 Å². The van der Waals surface area contributed by atoms with Crippen molar-refractivity contribution < 1.29 is 4.74 Å². The van der Waals surface area contributed by atoms with Gasteiger partial charge in [-0.2, -0.15) is 0 Å². The number of hydrogen-bond donors (Lipinski definition) is 1. The predicted octanol–water partition coefficient (Wildman–Crippen LogP) is 4.42. The fourth-order valence-corrected chi connectivity index (χ4v) is 2.70. The Morgan fingerprint density at radius 1 is 1.16 bits per heavy atom. The molecule has 0 spiro atoms. The molecule has 1 unspecified atom stereocenters. The van der Waals surface area contributed by atoms with Gasteiger partial charge >= 0.3 is 0 Å². The number of hydrogen-bond acceptors (Lipinski definition) is 2. The monoisotopic (exact) mass is 339 g/mol. The molecule has 2 aromatic rings. The lowest BCUT2D eigenvalue weighted by Gasteiger charge is -2.21. The van der Waals surface area contributed by atoms with Gasteiger partial charge in [0.15, 0.2) is 0 Å². The normalized spacial score (nSPS) is 12.2. The molecule has 19 heavy (non-hydrogen) atoms. The summed E-state index contributed by atoms with van der Waals surface area (Å²) in [4.78, 5) is 0. The third-order valence-electron chi connectivity index (χ3n) is 3.01. The van der Waals surface area contributed by atoms with Crippen LogP contribution in [0.5, 0.6) is 5.75 Å². The average molecular weight is 341 g/mol. The third-order valence-corrected chi connectivity index (χ3v) is 3.85. The van der Waals surface area contributed by atoms with Crippen LogP contribution in [-0.4, -0.2) is 14.2 Å². The lowest BCUT2D eigenvalue weighted by atomic mass is 9.98. The van der Waals surface area contributed by atoms with Crippen molar-refractivity contribution in [3.63, 3.8) is 0 Å². The zero-order valence-electron chi connectivity index (χ0n) is 10.8. The number of methoxy groups -OCH3 is 1. The molecule has 2 rings (SSSR count). The molecule has 0 amide bonds. The second-order valence-electron chi connectivity index (χ2n) is 4.13. The van der Waals surface area contributed by atoms with Crippen LogP contribution >= 0.6 is 27.5 Å². The Labute approximate surface area is 126 Å². The molecule has 2 nitrogen and oxygen atoms in total. The SMILES string of the molecule is CNC(c1ccccc1Cl)c1ccc(Br)cc1OC. The fourth-order valence-electron chi connectivity index (χ4n) is 2.11. The Morgan fingerprint density at radius 3 is 2.53 bits per heavy atom. The molecule has 0 aliphatic carbocycles. The largest absolute Gasteiger partial charge is 0.496 e. The number of benzene rings is 2. The minimum Gasteiger partial charge on any atom is -0.496 e. The molecule has 0 saturated carbocycles. The Bertz CT molecular complexity index is 574. The smallest absolute Gasteiger partial charge is 0.125 e. The first kappa shape index (κ1) is 14.4. The van der Waals surface area contributed by atoms with Crippen LogP contribution in [-0.2, 0) is 0 Å². The maximum Gasteiger partial charge on any atom is 0.125 e. The van der Waals surface area contributed by atoms with Gasteiger partial charge in [-0.1, -0.05) is 51.8 Å². The van der Waals surface area contributed by atoms with Gasteiger partial charge in [-0.05, 0) is 30.8 Å². The van der Waals surface area contributed by atoms with E-state index >= 15 is 0 Å². The van der Waals surface area contributed by atoms with Crippen molar-refractivity contribution in [3.8, 4) is 5.75 Å². The first-order valence-corrected chi connectivity index (χ1v) is 7.09. The molecule has 1 N–H and O–H groups in total. The van der Waals surface area contributed by atoms with E-state index in [-0.39, 0.29) is 6.04 Å². The summed E-state index contributed by atoms with van der Waals surface area (Å²) >= 11 is 9.74. The van der Waals surface area contributed by atoms with Gasteiger partial charge in [-0.25, -0.2) is 0 Å². The van der Waals surface area contributed by atoms with Gasteiger partial charge in [0.05, 0.1) is 13.2 Å². The summed E-state index contributed by atoms with van der Waals surface area (Å²) in [6.07, 6.45) is 0. The van der Waals surface area contributed by atoms with E-state index in [9.17, 15) is 0 Å². The minimum atomic E-state index is -0.00301. The topological polar surface area (TPSA) is 21.3 Å². The van der Waals surface area contributed by atoms with Gasteiger partial charge in [0.25, 0.3) is 0 Å². The van der Waals surface area contributed by atoms with Crippen molar-refractivity contribution in [2.75, 3.05) is 14.2 Å². The maximum absolute atomic E-state index is 6.28. The Hall–Kier alpha value is -1.03. The van der Waals surface area contributed by atoms with E-state index in [0.29, 0.717) is 0 Å². The molecule has 0 radical (unpaired) electrons. The highest BCUT2D eigenvalue weighted by molar-refractivity contribution is 9.10. The van der Waals surface area contributed by atoms with E-state index in [1.54, 1.807) is 7.11 Å². The molecule has 0 saturated heterocycles. The van der Waals surface area contributed by atoms with Crippen molar-refractivity contribution in [2.45, 2.75) is 6.04 Å². The van der Waals surface area contributed by atoms with Gasteiger partial charge in [0.2, 0.25) is 0 Å². The number of rotatable bonds is 4. The van der Waals surface area contributed by atoms with Gasteiger partial charge in [-0.3, -0.25) is 0 Å². The van der Waals surface area contributed by atoms with Gasteiger partial charge in [0.1, 0.15) is 5.75 Å². The molecule has 0 bridgehead atoms. The molecular weight excluding hydrogens is 326 g/mol. The predicted molar refractivity (Wildman–Crippen MR) is 83.0 cm³/mol. The summed E-state index contributed by atoms with van der Waals surface area (Å²) in [5.74, 6) is 0.827. The summed E-state index contributed by atoms with van der Waals surface area (Å²) in [7, 11) is 3.58. The zero-order chi connectivity index (χ0) is 13.8. The zero-order valence-corrected chi connectivity index (χ0v) is 13.1. The summed E-state index contributed by atoms with van der Waals surface area (Å²) in [5.41, 5.74) is 2.09. The lowest BCUT2D eigenvalue weighted by molar-refractivity contribution is 0.405. The van der Waals surface area contributed by atoms with Crippen LogP contribution in [0.4, 0.5) is 0 Å². The number of halogens is 2. The van der Waals surface area contributed by atoms with Crippen LogP contribution in [0.25, 0.3) is 0 Å². The molecule has 0 heterocycles. The Kier molecular flexibility index (Phi) is 4.86. The van der Waals surface area contributed by atoms with E-state index < -0.39 is 0 Å². The van der Waals surface area contributed by atoms with Gasteiger partial charge in [0, 0.05) is 15.1 Å². The Balaban J connectivity index is 2.51. The van der Waals surface area contributed by atoms with Crippen LogP contribution in [0, 0.1) is 0 Å². The molecular formula is C15H15BrClNO. The van der Waals surface area contributed by atoms with Crippen molar-refractivity contribution in [2.24, 2.45) is 0 Å². The number of nitrogens with one attached hydrogen (secondary N) is 1. The Morgan fingerprint density at radius 2 is 1.89 bits per heavy atom. The molecule has 0 aromatic heterocycles. The first-order valence-electron chi connectivity index (χ1n) is 5.92. The second-order valence-corrected chi connectivity index (χ2v) is 5.45. The van der Waals surface area contributed by atoms with E-state index in [1.165, 1.54) is 0 Å². The van der Waals surface area contributed by atoms with Crippen molar-refractivity contribution in [3.05, 3.63) is 63.1 Å². The van der Waals surface area contributed by atoms with E-state index in [4.69, 9.17) is 16.3 Å². The highest BCUT2D eigenvalue weighted by Crippen LogP contribution is 2.34. The molecule has 0 fully saturated rings. The van der Waals surface area contributed by atoms with Crippen LogP contribution < -0.4 is 10.1 Å². The van der Waals surface area contributed by atoms with Crippen molar-refractivity contribution >= 4 is 27.5 Å². The highest BCUT2D eigenvalue weighted by atomic mass is 79.9. The number of ether oxygens (including phenoxy) is 1. The van der Waals surface area contributed by atoms with Crippen LogP contribution in [0.3, 0.4) is 0 Å². The summed E-state index contributed by atoms with van der Waals surface area (Å²) < 4.78 is 6.45. The third kappa shape index (κ3) is 3.11. The molecule has 0 aliphatic rings. The summed E-state index contributed by atoms with van der Waals surface area (Å²) in [6, 6.07) is 13.8. The van der Waals surface area contributed by atoms with Gasteiger partial charge in [-0.15, -0.1) is 0 Å². The van der Waals surface area contributed by atoms with Crippen LogP contribution in [0.2, 0.25) is 5.02 Å². The molecule has 4 heteroatoms. The highest BCUT2D eigenvalue weighted by Gasteiger charge is 2.18. The fraction of sp³-hybridized carbons (Fsp3) is 0.200. The quantitative estimate of drug-likeness (QED) is 0.889. The van der Waals surface area contributed by atoms with E-state index in [0.717, 1.165) is 26.4 Å². The lowest BCUT2D eigenvalue weighted by Crippen LogP contribution is -2.18. The maximum atomic E-state index is 6.28. The summed E-state index contributed by atoms with van der Waals surface area (Å²) in [5, 5.41) is 4.03. The molecule has 2 aromatic carbocycles. The van der Waals surface area contributed by atoms with Crippen LogP contribution in [0.15, 0.2) is 46.9 Å². The van der Waals surface area contributed by atoms with Crippen LogP contribution in [0.1, 0.15) is 17.2 Å². The van der Waals surface area contributed by atoms with Gasteiger partial charge < -0.3 is 10.1 Å². The molecule has 1 atom stereocenters. The second kappa shape index (κ2) is 6.42. The molecule has 0 aliphatic heterocycles. The minimum absolute atomic E-state index is 0.00301. The van der Waals surface area contributed by atoms with E-state index in [2.05, 4.69) is 21.2 Å². The standard InChI is InChI=1S/C15H15BrClNO/c1-18-15(11-5-3-4-6-13(11)17)12-8-7-10(16)9-14(12)19-2/h3-9,15,18H,1-2H3. The molecule has 100 valence electrons.